The molecule has 2 N–H and O–H groups in total. The van der Waals surface area contributed by atoms with Gasteiger partial charge in [0, 0.05) is 25.2 Å². The summed E-state index contributed by atoms with van der Waals surface area (Å²) in [7, 11) is 0. The van der Waals surface area contributed by atoms with E-state index in [-0.39, 0.29) is 11.5 Å². The van der Waals surface area contributed by atoms with E-state index in [0.29, 0.717) is 6.42 Å². The molecule has 0 saturated carbocycles. The van der Waals surface area contributed by atoms with Gasteiger partial charge in [0.15, 0.2) is 0 Å². The molecular weight excluding hydrogens is 318 g/mol. The van der Waals surface area contributed by atoms with Gasteiger partial charge in [-0.05, 0) is 42.7 Å². The van der Waals surface area contributed by atoms with E-state index in [1.54, 1.807) is 22.9 Å². The number of carbonyl (C=O) groups excluding carboxylic acids is 1. The number of carboxylic acid groups (broad SMARTS) is 1. The van der Waals surface area contributed by atoms with E-state index in [0.717, 1.165) is 35.5 Å². The summed E-state index contributed by atoms with van der Waals surface area (Å²) >= 11 is 0. The van der Waals surface area contributed by atoms with Crippen LogP contribution in [0.1, 0.15) is 35.0 Å². The van der Waals surface area contributed by atoms with Gasteiger partial charge in [0.1, 0.15) is 0 Å². The smallest absolute Gasteiger partial charge is 0.335 e. The SMILES string of the molecule is CC(=O)NC1=C/CCc2cn(-c3cccc(C(=O)O)c3)nc2C/C=C\1. The summed E-state index contributed by atoms with van der Waals surface area (Å²) in [5, 5.41) is 16.6. The summed E-state index contributed by atoms with van der Waals surface area (Å²) in [6.07, 6.45) is 10.0. The number of allylic oxidation sites excluding steroid dienone is 3. The number of rotatable bonds is 3. The zero-order valence-corrected chi connectivity index (χ0v) is 13.9. The van der Waals surface area contributed by atoms with Crippen molar-refractivity contribution in [3.05, 3.63) is 71.2 Å². The lowest BCUT2D eigenvalue weighted by molar-refractivity contribution is -0.118. The summed E-state index contributed by atoms with van der Waals surface area (Å²) in [5.41, 5.74) is 3.84. The van der Waals surface area contributed by atoms with Gasteiger partial charge in [0.05, 0.1) is 16.9 Å². The molecule has 1 heterocycles. The van der Waals surface area contributed by atoms with Crippen LogP contribution < -0.4 is 5.32 Å². The standard InChI is InChI=1S/C19H19N3O3/c1-13(23)20-16-7-2-6-15-12-22(21-18(15)10-4-8-16)17-9-3-5-14(11-17)19(24)25/h3-5,7-9,11-12H,2,6,10H2,1H3,(H,20,23)(H,24,25)/b8-4-,16-7+. The number of benzene rings is 1. The molecule has 3 rings (SSSR count). The largest absolute Gasteiger partial charge is 0.478 e. The normalized spacial score (nSPS) is 17.2. The highest BCUT2D eigenvalue weighted by Crippen LogP contribution is 2.18. The maximum absolute atomic E-state index is 11.2. The quantitative estimate of drug-likeness (QED) is 0.902. The van der Waals surface area contributed by atoms with Crippen LogP contribution >= 0.6 is 0 Å². The number of amides is 1. The third kappa shape index (κ3) is 4.03. The summed E-state index contributed by atoms with van der Waals surface area (Å²) in [6, 6.07) is 6.72. The van der Waals surface area contributed by atoms with Gasteiger partial charge in [0.25, 0.3) is 0 Å². The number of aryl methyl sites for hydroxylation is 1. The van der Waals surface area contributed by atoms with Crippen molar-refractivity contribution in [2.24, 2.45) is 0 Å². The molecule has 0 fully saturated rings. The molecule has 6 heteroatoms. The van der Waals surface area contributed by atoms with Crippen LogP contribution in [0, 0.1) is 0 Å². The van der Waals surface area contributed by atoms with Crippen molar-refractivity contribution in [1.29, 1.82) is 0 Å². The van der Waals surface area contributed by atoms with Crippen molar-refractivity contribution in [2.45, 2.75) is 26.2 Å². The van der Waals surface area contributed by atoms with E-state index in [2.05, 4.69) is 10.4 Å². The first-order valence-corrected chi connectivity index (χ1v) is 8.08. The Bertz CT molecular complexity index is 878. The number of aromatic carboxylic acids is 1. The van der Waals surface area contributed by atoms with Gasteiger partial charge < -0.3 is 10.4 Å². The van der Waals surface area contributed by atoms with Crippen LogP contribution in [0.25, 0.3) is 5.69 Å². The van der Waals surface area contributed by atoms with Crippen molar-refractivity contribution >= 4 is 11.9 Å². The number of carbonyl (C=O) groups is 2. The van der Waals surface area contributed by atoms with Gasteiger partial charge in [-0.1, -0.05) is 18.2 Å². The number of carboxylic acids is 1. The van der Waals surface area contributed by atoms with Gasteiger partial charge in [-0.2, -0.15) is 5.10 Å². The average Bonchev–Trinajstić information content (AvgIpc) is 2.99. The molecule has 0 atom stereocenters. The van der Waals surface area contributed by atoms with Crippen LogP contribution in [0.3, 0.4) is 0 Å². The van der Waals surface area contributed by atoms with Gasteiger partial charge in [-0.15, -0.1) is 0 Å². The Hall–Kier alpha value is -3.15. The maximum atomic E-state index is 11.2. The Morgan fingerprint density at radius 2 is 2.16 bits per heavy atom. The van der Waals surface area contributed by atoms with Crippen molar-refractivity contribution in [2.75, 3.05) is 0 Å². The molecule has 0 unspecified atom stereocenters. The van der Waals surface area contributed by atoms with Crippen molar-refractivity contribution in [1.82, 2.24) is 15.1 Å². The van der Waals surface area contributed by atoms with Crippen LogP contribution in [0.5, 0.6) is 0 Å². The third-order valence-electron chi connectivity index (χ3n) is 3.94. The topological polar surface area (TPSA) is 84.2 Å². The zero-order valence-electron chi connectivity index (χ0n) is 13.9. The van der Waals surface area contributed by atoms with E-state index in [4.69, 9.17) is 5.11 Å². The van der Waals surface area contributed by atoms with Crippen molar-refractivity contribution in [3.63, 3.8) is 0 Å². The molecule has 1 aliphatic rings. The van der Waals surface area contributed by atoms with Gasteiger partial charge in [0.2, 0.25) is 5.91 Å². The molecule has 1 aliphatic carbocycles. The third-order valence-corrected chi connectivity index (χ3v) is 3.94. The Labute approximate surface area is 145 Å². The molecule has 2 aromatic rings. The Balaban J connectivity index is 1.85. The fourth-order valence-electron chi connectivity index (χ4n) is 2.78. The minimum Gasteiger partial charge on any atom is -0.478 e. The fraction of sp³-hybridized carbons (Fsp3) is 0.211. The molecule has 128 valence electrons. The van der Waals surface area contributed by atoms with Crippen molar-refractivity contribution in [3.8, 4) is 5.69 Å². The number of hydrogen-bond donors (Lipinski definition) is 2. The highest BCUT2D eigenvalue weighted by Gasteiger charge is 2.12. The van der Waals surface area contributed by atoms with Crippen LogP contribution in [0.15, 0.2) is 54.4 Å². The Kier molecular flexibility index (Phi) is 4.79. The Morgan fingerprint density at radius 1 is 1.32 bits per heavy atom. The molecule has 0 radical (unpaired) electrons. The maximum Gasteiger partial charge on any atom is 0.335 e. The lowest BCUT2D eigenvalue weighted by atomic mass is 10.1. The first-order chi connectivity index (χ1) is 12.0. The number of fused-ring (bicyclic) bond motifs is 1. The molecule has 1 aromatic carbocycles. The van der Waals surface area contributed by atoms with Gasteiger partial charge in [-0.25, -0.2) is 9.48 Å². The summed E-state index contributed by atoms with van der Waals surface area (Å²) < 4.78 is 1.73. The number of aromatic nitrogens is 2. The second kappa shape index (κ2) is 7.17. The van der Waals surface area contributed by atoms with E-state index in [9.17, 15) is 9.59 Å². The molecule has 0 aliphatic heterocycles. The lowest BCUT2D eigenvalue weighted by Crippen LogP contribution is -2.17. The summed E-state index contributed by atoms with van der Waals surface area (Å²) in [6.45, 7) is 1.49. The highest BCUT2D eigenvalue weighted by molar-refractivity contribution is 5.88. The van der Waals surface area contributed by atoms with Crippen LogP contribution in [0.4, 0.5) is 0 Å². The first kappa shape index (κ1) is 16.7. The minimum absolute atomic E-state index is 0.0867. The van der Waals surface area contributed by atoms with Crippen LogP contribution in [-0.2, 0) is 17.6 Å². The van der Waals surface area contributed by atoms with Gasteiger partial charge in [-0.3, -0.25) is 4.79 Å². The number of hydrogen-bond acceptors (Lipinski definition) is 3. The van der Waals surface area contributed by atoms with Gasteiger partial charge >= 0.3 is 5.97 Å². The van der Waals surface area contributed by atoms with E-state index in [1.807, 2.05) is 30.5 Å². The predicted molar refractivity (Wildman–Crippen MR) is 93.6 cm³/mol. The molecule has 0 saturated heterocycles. The molecule has 1 amide bonds. The molecule has 1 aromatic heterocycles. The molecule has 6 nitrogen and oxygen atoms in total. The predicted octanol–water partition coefficient (Wildman–Crippen LogP) is 2.64. The monoisotopic (exact) mass is 337 g/mol. The highest BCUT2D eigenvalue weighted by atomic mass is 16.4. The van der Waals surface area contributed by atoms with Crippen LogP contribution in [-0.4, -0.2) is 26.8 Å². The average molecular weight is 337 g/mol. The second-order valence-corrected chi connectivity index (χ2v) is 5.89. The van der Waals surface area contributed by atoms with E-state index in [1.165, 1.54) is 6.92 Å². The second-order valence-electron chi connectivity index (χ2n) is 5.89. The Morgan fingerprint density at radius 3 is 2.92 bits per heavy atom. The fourth-order valence-corrected chi connectivity index (χ4v) is 2.78. The van der Waals surface area contributed by atoms with Crippen molar-refractivity contribution < 1.29 is 14.7 Å². The zero-order chi connectivity index (χ0) is 17.8. The molecule has 25 heavy (non-hydrogen) atoms. The number of nitrogens with one attached hydrogen (secondary N) is 1. The molecule has 0 bridgehead atoms. The summed E-state index contributed by atoms with van der Waals surface area (Å²) in [5.74, 6) is -1.04. The summed E-state index contributed by atoms with van der Waals surface area (Å²) in [4.78, 5) is 22.3. The van der Waals surface area contributed by atoms with Crippen LogP contribution in [0.2, 0.25) is 0 Å². The molecular formula is C19H19N3O3. The number of nitrogens with zero attached hydrogens (tertiary/aromatic N) is 2. The lowest BCUT2D eigenvalue weighted by Gasteiger charge is -2.03. The molecule has 0 spiro atoms. The van der Waals surface area contributed by atoms with E-state index >= 15 is 0 Å². The van der Waals surface area contributed by atoms with E-state index < -0.39 is 5.97 Å². The minimum atomic E-state index is -0.956. The first-order valence-electron chi connectivity index (χ1n) is 8.08.